The molecule has 0 aliphatic carbocycles. The van der Waals surface area contributed by atoms with E-state index in [2.05, 4.69) is 34.4 Å². The number of imidazole rings is 1. The van der Waals surface area contributed by atoms with Crippen LogP contribution in [0.1, 0.15) is 59.1 Å². The average Bonchev–Trinajstić information content (AvgIpc) is 3.71. The molecular weight excluding hydrogens is 867 g/mol. The number of hydrogen-bond acceptors (Lipinski definition) is 18. The number of anilines is 1. The van der Waals surface area contributed by atoms with E-state index in [1.54, 1.807) is 0 Å². The van der Waals surface area contributed by atoms with E-state index in [-0.39, 0.29) is 41.6 Å². The average molecular weight is 918 g/mol. The van der Waals surface area contributed by atoms with Crippen LogP contribution in [0, 0.1) is 5.41 Å². The van der Waals surface area contributed by atoms with E-state index in [9.17, 15) is 57.9 Å². The Balaban J connectivity index is 1.43. The largest absolute Gasteiger partial charge is 0.481 e. The number of carbonyl (C=O) groups is 3. The molecule has 0 bridgehead atoms. The van der Waals surface area contributed by atoms with Gasteiger partial charge in [-0.1, -0.05) is 49.9 Å². The lowest BCUT2D eigenvalue weighted by atomic mass is 9.87. The highest BCUT2D eigenvalue weighted by Crippen LogP contribution is 2.61. The number of amides is 2. The Labute approximate surface area is 342 Å². The van der Waals surface area contributed by atoms with Gasteiger partial charge in [0.1, 0.15) is 36.3 Å². The van der Waals surface area contributed by atoms with Crippen molar-refractivity contribution in [1.82, 2.24) is 30.2 Å². The number of phosphoric acid groups is 3. The van der Waals surface area contributed by atoms with E-state index >= 15 is 0 Å². The second kappa shape index (κ2) is 22.8. The second-order valence-electron chi connectivity index (χ2n) is 13.5. The topological polar surface area (TPSA) is 364 Å². The summed E-state index contributed by atoms with van der Waals surface area (Å²) in [4.78, 5) is 87.8. The number of fused-ring (bicyclic) bond motifs is 1. The predicted molar refractivity (Wildman–Crippen MR) is 210 cm³/mol. The first kappa shape index (κ1) is 50.4. The maximum atomic E-state index is 12.7. The van der Waals surface area contributed by atoms with Gasteiger partial charge in [0.05, 0.1) is 19.5 Å². The van der Waals surface area contributed by atoms with Crippen molar-refractivity contribution in [3.8, 4) is 0 Å². The van der Waals surface area contributed by atoms with Crippen molar-refractivity contribution in [2.75, 3.05) is 37.8 Å². The lowest BCUT2D eigenvalue weighted by Gasteiger charge is -2.30. The Hall–Kier alpha value is -2.96. The van der Waals surface area contributed by atoms with Crippen LogP contribution in [0.25, 0.3) is 11.2 Å². The van der Waals surface area contributed by atoms with Crippen LogP contribution in [0.3, 0.4) is 0 Å². The first-order valence-electron chi connectivity index (χ1n) is 17.9. The zero-order chi connectivity index (χ0) is 44.0. The lowest BCUT2D eigenvalue weighted by molar-refractivity contribution is -0.137. The molecule has 2 aromatic rings. The molecule has 59 heavy (non-hydrogen) atoms. The van der Waals surface area contributed by atoms with Crippen LogP contribution in [0.2, 0.25) is 0 Å². The van der Waals surface area contributed by atoms with Crippen molar-refractivity contribution in [1.29, 1.82) is 0 Å². The first-order valence-corrected chi connectivity index (χ1v) is 23.4. The van der Waals surface area contributed by atoms with Crippen molar-refractivity contribution < 1.29 is 80.5 Å². The minimum absolute atomic E-state index is 0.0219. The van der Waals surface area contributed by atoms with Crippen LogP contribution in [0.4, 0.5) is 5.82 Å². The van der Waals surface area contributed by atoms with E-state index < -0.39 is 84.6 Å². The number of aliphatic hydroxyl groups excluding tert-OH is 2. The maximum Gasteiger partial charge on any atom is 0.481 e. The molecule has 7 unspecified atom stereocenters. The Morgan fingerprint density at radius 3 is 2.44 bits per heavy atom. The third kappa shape index (κ3) is 16.8. The summed E-state index contributed by atoms with van der Waals surface area (Å²) in [7, 11) is -16.4. The second-order valence-corrected chi connectivity index (χ2v) is 18.9. The maximum absolute atomic E-state index is 12.7. The number of nitrogens with zero attached hydrogens (tertiary/aromatic N) is 4. The number of ether oxygens (including phenoxy) is 1. The fourth-order valence-electron chi connectivity index (χ4n) is 5.18. The molecule has 3 rings (SSSR count). The van der Waals surface area contributed by atoms with Gasteiger partial charge in [0.2, 0.25) is 11.8 Å². The van der Waals surface area contributed by atoms with Gasteiger partial charge in [-0.3, -0.25) is 32.5 Å². The van der Waals surface area contributed by atoms with Gasteiger partial charge in [-0.2, -0.15) is 4.31 Å². The van der Waals surface area contributed by atoms with E-state index in [1.165, 1.54) is 13.8 Å². The fourth-order valence-corrected chi connectivity index (χ4v) is 8.73. The Morgan fingerprint density at radius 1 is 1.03 bits per heavy atom. The summed E-state index contributed by atoms with van der Waals surface area (Å²) in [6.45, 7) is 2.45. The summed E-state index contributed by atoms with van der Waals surface area (Å²) < 4.78 is 62.2. The Bertz CT molecular complexity index is 1950. The molecule has 24 nitrogen and oxygen atoms in total. The van der Waals surface area contributed by atoms with Gasteiger partial charge in [-0.25, -0.2) is 28.6 Å². The van der Waals surface area contributed by atoms with Crippen LogP contribution in [0.15, 0.2) is 37.0 Å². The molecule has 7 atom stereocenters. The highest BCUT2D eigenvalue weighted by Gasteiger charge is 2.50. The third-order valence-electron chi connectivity index (χ3n) is 8.21. The number of carbonyl (C=O) groups excluding carboxylic acids is 3. The molecule has 2 amide bonds. The van der Waals surface area contributed by atoms with Crippen molar-refractivity contribution in [2.45, 2.75) is 83.5 Å². The third-order valence-corrected chi connectivity index (χ3v) is 12.2. The zero-order valence-corrected chi connectivity index (χ0v) is 35.7. The normalized spacial score (nSPS) is 21.4. The number of thioether (sulfide) groups is 1. The highest BCUT2D eigenvalue weighted by atomic mass is 32.2. The lowest BCUT2D eigenvalue weighted by Crippen LogP contribution is -2.46. The molecule has 1 aliphatic heterocycles. The molecule has 0 aromatic carbocycles. The summed E-state index contributed by atoms with van der Waals surface area (Å²) in [6, 6.07) is 0. The summed E-state index contributed by atoms with van der Waals surface area (Å²) in [5.41, 5.74) is 4.27. The smallest absolute Gasteiger partial charge is 0.386 e. The van der Waals surface area contributed by atoms with Gasteiger partial charge in [0, 0.05) is 37.1 Å². The van der Waals surface area contributed by atoms with E-state index in [0.717, 1.165) is 48.2 Å². The van der Waals surface area contributed by atoms with Crippen molar-refractivity contribution in [2.24, 2.45) is 5.41 Å². The van der Waals surface area contributed by atoms with Gasteiger partial charge < -0.3 is 50.9 Å². The molecule has 0 saturated carbocycles. The molecule has 1 fully saturated rings. The first-order chi connectivity index (χ1) is 27.6. The van der Waals surface area contributed by atoms with Crippen molar-refractivity contribution >= 4 is 69.1 Å². The number of nitrogens with two attached hydrogens (primary N) is 1. The van der Waals surface area contributed by atoms with Crippen LogP contribution in [0.5, 0.6) is 0 Å². The monoisotopic (exact) mass is 917 g/mol. The predicted octanol–water partition coefficient (Wildman–Crippen LogP) is 1.36. The van der Waals surface area contributed by atoms with Crippen LogP contribution in [-0.4, -0.2) is 123 Å². The van der Waals surface area contributed by atoms with Crippen LogP contribution >= 0.6 is 35.2 Å². The van der Waals surface area contributed by atoms with E-state index in [4.69, 9.17) is 19.5 Å². The molecule has 332 valence electrons. The van der Waals surface area contributed by atoms with Gasteiger partial charge in [-0.05, 0) is 26.2 Å². The van der Waals surface area contributed by atoms with E-state index in [0.29, 0.717) is 12.2 Å². The summed E-state index contributed by atoms with van der Waals surface area (Å²) in [5, 5.41) is 26.5. The molecule has 1 saturated heterocycles. The molecule has 1 aliphatic rings. The molecule has 3 heterocycles. The number of rotatable bonds is 25. The minimum Gasteiger partial charge on any atom is -0.386 e. The number of hydrogen-bond donors (Lipinski definition) is 9. The summed E-state index contributed by atoms with van der Waals surface area (Å²) >= 11 is 1.11. The molecule has 10 N–H and O–H groups in total. The van der Waals surface area contributed by atoms with E-state index in [1.807, 2.05) is 31.2 Å². The number of nitrogen functional groups attached to an aromatic ring is 1. The van der Waals surface area contributed by atoms with Crippen molar-refractivity contribution in [3.05, 3.63) is 37.0 Å². The zero-order valence-electron chi connectivity index (χ0n) is 32.2. The van der Waals surface area contributed by atoms with Gasteiger partial charge in [0.15, 0.2) is 22.8 Å². The van der Waals surface area contributed by atoms with Crippen molar-refractivity contribution in [3.63, 3.8) is 0 Å². The number of aromatic nitrogens is 4. The minimum atomic E-state index is -5.57. The molecule has 0 radical (unpaired) electrons. The standard InChI is InChI=1S/C31H50N7O17P3S/c1-4-5-6-7-8-9-10-11-22(40)59-15-14-33-21(39)12-13-34-29(43)26(42)31(2,3)17-52-58(49,50)55-57(47,48)51-16-20-25(54-56(44,45)46)24(41)30(53-20)38-19-37-23-27(32)35-18-36-28(23)38/h4-7,18-20,24-26,30,41-42H,8-17H2,1-3H3,(H,33,39)(H,34,43)(H,47,48)(H,49,50)(H2,32,35,36)(H2,44,45,46)/b5-4+,7-6+. The number of allylic oxidation sites excluding steroid dienone is 4. The Kier molecular flexibility index (Phi) is 19.4. The molecular formula is C31H50N7O17P3S. The summed E-state index contributed by atoms with van der Waals surface area (Å²) in [6.07, 6.45) is 3.89. The van der Waals surface area contributed by atoms with Gasteiger partial charge >= 0.3 is 23.5 Å². The van der Waals surface area contributed by atoms with Crippen LogP contribution in [-0.2, 0) is 50.7 Å². The quantitative estimate of drug-likeness (QED) is 0.0385. The summed E-state index contributed by atoms with van der Waals surface area (Å²) in [5.74, 6) is -1.07. The molecule has 28 heteroatoms. The number of aliphatic hydroxyl groups is 2. The van der Waals surface area contributed by atoms with Gasteiger partial charge in [-0.15, -0.1) is 0 Å². The van der Waals surface area contributed by atoms with Gasteiger partial charge in [0.25, 0.3) is 0 Å². The highest BCUT2D eigenvalue weighted by molar-refractivity contribution is 8.13. The Morgan fingerprint density at radius 2 is 1.75 bits per heavy atom. The SMILES string of the molecule is C/C=C/C=C/CCCCC(=O)SCCNC(=O)CCNC(=O)C(O)C(C)(C)COP(=O)(O)OP(=O)(O)OCC1OC(n2cnc3c(N)ncnc32)C(O)C1OP(=O)(O)O. The molecule has 2 aromatic heterocycles. The van der Waals surface area contributed by atoms with Crippen LogP contribution < -0.4 is 16.4 Å². The molecule has 0 spiro atoms. The number of phosphoric ester groups is 3. The number of nitrogens with one attached hydrogen (secondary N) is 2. The fraction of sp³-hybridized carbons (Fsp3) is 0.613. The number of unbranched alkanes of at least 4 members (excludes halogenated alkanes) is 2.